The van der Waals surface area contributed by atoms with Crippen LogP contribution in [0.1, 0.15) is 38.8 Å². The highest BCUT2D eigenvalue weighted by molar-refractivity contribution is 5.74. The smallest absolute Gasteiger partial charge is 0.223 e. The average molecular weight is 317 g/mol. The first-order chi connectivity index (χ1) is 10.9. The van der Waals surface area contributed by atoms with Crippen molar-refractivity contribution in [2.24, 2.45) is 0 Å². The van der Waals surface area contributed by atoms with Crippen LogP contribution in [0.3, 0.4) is 0 Å². The van der Waals surface area contributed by atoms with Gasteiger partial charge in [-0.05, 0) is 38.8 Å². The van der Waals surface area contributed by atoms with Crippen LogP contribution in [0.25, 0.3) is 0 Å². The first-order valence-electron chi connectivity index (χ1n) is 7.80. The van der Waals surface area contributed by atoms with Gasteiger partial charge in [-0.15, -0.1) is 6.58 Å². The molecular weight excluding hydrogens is 290 g/mol. The van der Waals surface area contributed by atoms with Gasteiger partial charge < -0.3 is 14.4 Å². The highest BCUT2D eigenvalue weighted by atomic mass is 16.5. The molecule has 0 unspecified atom stereocenters. The van der Waals surface area contributed by atoms with E-state index in [0.29, 0.717) is 18.7 Å². The van der Waals surface area contributed by atoms with Gasteiger partial charge in [0.2, 0.25) is 5.91 Å². The Kier molecular flexibility index (Phi) is 7.39. The van der Waals surface area contributed by atoms with Crippen LogP contribution in [-0.2, 0) is 17.8 Å². The molecule has 0 aliphatic rings. The van der Waals surface area contributed by atoms with Gasteiger partial charge in [0, 0.05) is 18.7 Å². The molecule has 0 spiro atoms. The van der Waals surface area contributed by atoms with E-state index in [1.165, 1.54) is 0 Å². The fraction of sp³-hybridized carbons (Fsp3) is 0.421. The van der Waals surface area contributed by atoms with Gasteiger partial charge in [-0.1, -0.05) is 18.2 Å². The average Bonchev–Trinajstić information content (AvgIpc) is 2.49. The summed E-state index contributed by atoms with van der Waals surface area (Å²) in [6.45, 7) is 11.7. The first kappa shape index (κ1) is 18.8. The molecule has 0 saturated carbocycles. The Balaban J connectivity index is 3.35. The van der Waals surface area contributed by atoms with Crippen molar-refractivity contribution in [3.8, 4) is 11.5 Å². The van der Waals surface area contributed by atoms with Crippen LogP contribution in [0.15, 0.2) is 37.1 Å². The number of methoxy groups -OCH3 is 1. The predicted molar refractivity (Wildman–Crippen MR) is 93.7 cm³/mol. The third kappa shape index (κ3) is 5.16. The number of amides is 1. The Morgan fingerprint density at radius 2 is 2.09 bits per heavy atom. The number of hydrogen-bond acceptors (Lipinski definition) is 3. The minimum Gasteiger partial charge on any atom is -0.493 e. The lowest BCUT2D eigenvalue weighted by molar-refractivity contribution is -0.126. The molecule has 0 heterocycles. The highest BCUT2D eigenvalue weighted by Crippen LogP contribution is 2.35. The summed E-state index contributed by atoms with van der Waals surface area (Å²) in [6.07, 6.45) is 6.15. The minimum absolute atomic E-state index is 0.00482. The van der Waals surface area contributed by atoms with Gasteiger partial charge in [0.05, 0.1) is 19.8 Å². The predicted octanol–water partition coefficient (Wildman–Crippen LogP) is 4.09. The molecule has 0 aromatic heterocycles. The number of rotatable bonds is 8. The zero-order valence-electron chi connectivity index (χ0n) is 14.8. The lowest BCUT2D eigenvalue weighted by Crippen LogP contribution is -2.23. The molecule has 4 nitrogen and oxygen atoms in total. The van der Waals surface area contributed by atoms with Crippen LogP contribution >= 0.6 is 0 Å². The molecule has 0 bridgehead atoms. The Morgan fingerprint density at radius 1 is 1.39 bits per heavy atom. The third-order valence-corrected chi connectivity index (χ3v) is 3.32. The molecule has 0 radical (unpaired) electrons. The quantitative estimate of drug-likeness (QED) is 0.678. The van der Waals surface area contributed by atoms with Gasteiger partial charge in [-0.3, -0.25) is 4.79 Å². The van der Waals surface area contributed by atoms with Gasteiger partial charge in [-0.25, -0.2) is 0 Å². The van der Waals surface area contributed by atoms with Crippen molar-refractivity contribution in [1.82, 2.24) is 4.90 Å². The summed E-state index contributed by atoms with van der Waals surface area (Å²) in [5, 5.41) is 0. The van der Waals surface area contributed by atoms with Crippen LogP contribution in [0.2, 0.25) is 0 Å². The number of hydrogen-bond donors (Lipinski definition) is 0. The van der Waals surface area contributed by atoms with Crippen molar-refractivity contribution in [3.63, 3.8) is 0 Å². The van der Waals surface area contributed by atoms with E-state index in [0.717, 1.165) is 16.9 Å². The number of carbonyl (C=O) groups excluding carboxylic acids is 1. The molecule has 1 aromatic carbocycles. The lowest BCUT2D eigenvalue weighted by atomic mass is 10.0. The SMILES string of the molecule is C=CCc1c(CN(/C=C/C)C(C)=O)ccc(OC)c1OC(C)C. The van der Waals surface area contributed by atoms with Crippen LogP contribution in [-0.4, -0.2) is 24.0 Å². The molecule has 4 heteroatoms. The summed E-state index contributed by atoms with van der Waals surface area (Å²) in [5.74, 6) is 1.42. The second kappa shape index (κ2) is 9.03. The van der Waals surface area contributed by atoms with Crippen molar-refractivity contribution >= 4 is 5.91 Å². The van der Waals surface area contributed by atoms with Gasteiger partial charge in [-0.2, -0.15) is 0 Å². The van der Waals surface area contributed by atoms with E-state index in [9.17, 15) is 4.79 Å². The maximum absolute atomic E-state index is 11.8. The van der Waals surface area contributed by atoms with Gasteiger partial charge >= 0.3 is 0 Å². The number of carbonyl (C=O) groups is 1. The standard InChI is InChI=1S/C19H27NO3/c1-7-9-17-16(13-20(12-8-2)15(5)21)10-11-18(22-6)19(17)23-14(3)4/h7-8,10-12,14H,1,9,13H2,2-6H3/b12-8+. The van der Waals surface area contributed by atoms with Crippen molar-refractivity contribution < 1.29 is 14.3 Å². The van der Waals surface area contributed by atoms with E-state index >= 15 is 0 Å². The Hall–Kier alpha value is -2.23. The molecule has 0 aliphatic carbocycles. The molecule has 126 valence electrons. The summed E-state index contributed by atoms with van der Waals surface area (Å²) in [5.41, 5.74) is 2.03. The summed E-state index contributed by atoms with van der Waals surface area (Å²) in [7, 11) is 1.63. The largest absolute Gasteiger partial charge is 0.493 e. The van der Waals surface area contributed by atoms with E-state index in [2.05, 4.69) is 6.58 Å². The molecule has 1 aromatic rings. The lowest BCUT2D eigenvalue weighted by Gasteiger charge is -2.23. The summed E-state index contributed by atoms with van der Waals surface area (Å²) in [4.78, 5) is 13.5. The fourth-order valence-corrected chi connectivity index (χ4v) is 2.32. The number of allylic oxidation sites excluding steroid dienone is 2. The number of ether oxygens (including phenoxy) is 2. The normalized spacial score (nSPS) is 10.9. The van der Waals surface area contributed by atoms with Crippen molar-refractivity contribution in [2.45, 2.75) is 46.8 Å². The Labute approximate surface area is 139 Å². The van der Waals surface area contributed by atoms with Crippen molar-refractivity contribution in [1.29, 1.82) is 0 Å². The zero-order chi connectivity index (χ0) is 17.4. The van der Waals surface area contributed by atoms with E-state index in [1.54, 1.807) is 25.1 Å². The fourth-order valence-electron chi connectivity index (χ4n) is 2.32. The zero-order valence-corrected chi connectivity index (χ0v) is 14.8. The molecule has 1 amide bonds. The number of benzene rings is 1. The van der Waals surface area contributed by atoms with Gasteiger partial charge in [0.15, 0.2) is 11.5 Å². The van der Waals surface area contributed by atoms with Gasteiger partial charge in [0.25, 0.3) is 0 Å². The summed E-state index contributed by atoms with van der Waals surface area (Å²) >= 11 is 0. The van der Waals surface area contributed by atoms with Crippen molar-refractivity contribution in [2.75, 3.05) is 7.11 Å². The molecule has 0 atom stereocenters. The van der Waals surface area contributed by atoms with E-state index in [4.69, 9.17) is 9.47 Å². The van der Waals surface area contributed by atoms with Crippen LogP contribution in [0.5, 0.6) is 11.5 Å². The molecule has 1 rings (SSSR count). The third-order valence-electron chi connectivity index (χ3n) is 3.32. The van der Waals surface area contributed by atoms with E-state index in [-0.39, 0.29) is 12.0 Å². The Bertz CT molecular complexity index is 576. The van der Waals surface area contributed by atoms with Crippen LogP contribution in [0, 0.1) is 0 Å². The van der Waals surface area contributed by atoms with Crippen LogP contribution in [0.4, 0.5) is 0 Å². The van der Waals surface area contributed by atoms with Crippen molar-refractivity contribution in [3.05, 3.63) is 48.2 Å². The highest BCUT2D eigenvalue weighted by Gasteiger charge is 2.18. The molecular formula is C19H27NO3. The monoisotopic (exact) mass is 317 g/mol. The van der Waals surface area contributed by atoms with Crippen LogP contribution < -0.4 is 9.47 Å². The maximum atomic E-state index is 11.8. The summed E-state index contributed by atoms with van der Waals surface area (Å²) in [6, 6.07) is 3.86. The molecule has 0 N–H and O–H groups in total. The molecule has 23 heavy (non-hydrogen) atoms. The summed E-state index contributed by atoms with van der Waals surface area (Å²) < 4.78 is 11.4. The van der Waals surface area contributed by atoms with E-state index < -0.39 is 0 Å². The molecule has 0 saturated heterocycles. The molecule has 0 aliphatic heterocycles. The minimum atomic E-state index is -0.00482. The number of nitrogens with zero attached hydrogens (tertiary/aromatic N) is 1. The maximum Gasteiger partial charge on any atom is 0.223 e. The second-order valence-electron chi connectivity index (χ2n) is 5.52. The Morgan fingerprint density at radius 3 is 2.57 bits per heavy atom. The van der Waals surface area contributed by atoms with Gasteiger partial charge in [0.1, 0.15) is 0 Å². The van der Waals surface area contributed by atoms with E-state index in [1.807, 2.05) is 45.1 Å². The first-order valence-corrected chi connectivity index (χ1v) is 7.80. The second-order valence-corrected chi connectivity index (χ2v) is 5.52. The molecule has 0 fully saturated rings. The topological polar surface area (TPSA) is 38.8 Å².